The van der Waals surface area contributed by atoms with Gasteiger partial charge in [-0.2, -0.15) is 4.99 Å². The van der Waals surface area contributed by atoms with E-state index in [-0.39, 0.29) is 5.75 Å². The molecule has 0 saturated carbocycles. The van der Waals surface area contributed by atoms with Gasteiger partial charge in [0.2, 0.25) is 6.29 Å². The minimum absolute atomic E-state index is 0.234. The van der Waals surface area contributed by atoms with Gasteiger partial charge in [-0.25, -0.2) is 0 Å². The number of aliphatic imine (C=N–C) groups is 1. The summed E-state index contributed by atoms with van der Waals surface area (Å²) in [5, 5.41) is 72.2. The maximum atomic E-state index is 10.6. The van der Waals surface area contributed by atoms with E-state index in [1.54, 1.807) is 18.2 Å². The van der Waals surface area contributed by atoms with E-state index in [9.17, 15) is 35.7 Å². The van der Waals surface area contributed by atoms with Crippen molar-refractivity contribution in [3.05, 3.63) is 24.3 Å². The third-order valence-electron chi connectivity index (χ3n) is 5.20. The van der Waals surface area contributed by atoms with Crippen LogP contribution >= 0.6 is 12.2 Å². The zero-order valence-electron chi connectivity index (χ0n) is 16.6. The summed E-state index contributed by atoms with van der Waals surface area (Å²) in [6, 6.07) is 6.29. The van der Waals surface area contributed by atoms with Crippen LogP contribution in [-0.2, 0) is 14.2 Å². The first-order valence-corrected chi connectivity index (χ1v) is 10.1. The lowest BCUT2D eigenvalue weighted by atomic mass is 9.97. The lowest BCUT2D eigenvalue weighted by molar-refractivity contribution is -0.352. The van der Waals surface area contributed by atoms with Crippen LogP contribution in [0.5, 0.6) is 5.75 Å². The van der Waals surface area contributed by atoms with E-state index in [0.29, 0.717) is 5.69 Å². The van der Waals surface area contributed by atoms with E-state index >= 15 is 0 Å². The van der Waals surface area contributed by atoms with Gasteiger partial charge in [0, 0.05) is 6.07 Å². The van der Waals surface area contributed by atoms with E-state index < -0.39 is 74.6 Å². The highest BCUT2D eigenvalue weighted by molar-refractivity contribution is 7.78. The average molecular weight is 475 g/mol. The lowest BCUT2D eigenvalue weighted by Gasteiger charge is -2.45. The van der Waals surface area contributed by atoms with Crippen molar-refractivity contribution in [2.45, 2.75) is 61.4 Å². The van der Waals surface area contributed by atoms with Crippen LogP contribution in [-0.4, -0.2) is 116 Å². The molecule has 2 aliphatic rings. The summed E-state index contributed by atoms with van der Waals surface area (Å²) in [4.78, 5) is 3.81. The molecule has 0 aromatic heterocycles. The van der Waals surface area contributed by atoms with Crippen LogP contribution in [0.15, 0.2) is 29.3 Å². The molecule has 0 aliphatic carbocycles. The van der Waals surface area contributed by atoms with Crippen LogP contribution in [0.2, 0.25) is 0 Å². The highest BCUT2D eigenvalue weighted by Crippen LogP contribution is 2.31. The second kappa shape index (κ2) is 11.0. The Labute approximate surface area is 187 Å². The molecule has 12 nitrogen and oxygen atoms in total. The maximum Gasteiger partial charge on any atom is 0.229 e. The Bertz CT molecular complexity index is 805. The number of hydrogen-bond donors (Lipinski definition) is 7. The Kier molecular flexibility index (Phi) is 8.63. The van der Waals surface area contributed by atoms with Gasteiger partial charge in [0.15, 0.2) is 6.29 Å². The lowest BCUT2D eigenvalue weighted by Crippen LogP contribution is -2.65. The Balaban J connectivity index is 1.72. The van der Waals surface area contributed by atoms with Gasteiger partial charge in [0.05, 0.1) is 24.1 Å². The minimum atomic E-state index is -1.74. The number of rotatable bonds is 7. The van der Waals surface area contributed by atoms with Crippen molar-refractivity contribution in [1.29, 1.82) is 0 Å². The number of ether oxygens (including phenoxy) is 4. The molecule has 0 bridgehead atoms. The molecule has 2 saturated heterocycles. The Morgan fingerprint density at radius 2 is 1.53 bits per heavy atom. The fourth-order valence-corrected chi connectivity index (χ4v) is 3.57. The Morgan fingerprint density at radius 3 is 2.19 bits per heavy atom. The molecule has 2 fully saturated rings. The van der Waals surface area contributed by atoms with E-state index in [0.717, 1.165) is 0 Å². The molecular formula is C19H25NO11S. The fourth-order valence-electron chi connectivity index (χ4n) is 3.47. The largest absolute Gasteiger partial charge is 0.462 e. The molecule has 3 rings (SSSR count). The first kappa shape index (κ1) is 25.1. The number of aliphatic hydroxyl groups excluding tert-OH is 7. The number of nitrogens with zero attached hydrogens (tertiary/aromatic N) is 1. The Hall–Kier alpha value is -1.58. The van der Waals surface area contributed by atoms with Crippen molar-refractivity contribution in [2.24, 2.45) is 4.99 Å². The molecule has 0 unspecified atom stereocenters. The molecule has 0 spiro atoms. The first-order valence-electron chi connectivity index (χ1n) is 9.73. The van der Waals surface area contributed by atoms with Crippen LogP contribution < -0.4 is 4.74 Å². The van der Waals surface area contributed by atoms with Gasteiger partial charge in [-0.3, -0.25) is 0 Å². The quantitative estimate of drug-likeness (QED) is 0.161. The average Bonchev–Trinajstić information content (AvgIpc) is 2.79. The molecule has 0 amide bonds. The van der Waals surface area contributed by atoms with Gasteiger partial charge in [0.25, 0.3) is 0 Å². The standard InChI is InChI=1S/C19H25NO11S/c21-5-10-12(23)13(24)15(26)19(29-10)31-17-11(6-22)30-18(16(27)14(17)25)28-9-3-1-2-8(4-9)20-7-32/h1-4,10-19,21-27H,5-6H2/t10-,11-,12+,13+,14-,15-,16-,17-,18-,19+/m1/s1. The first-order chi connectivity index (χ1) is 15.3. The minimum Gasteiger partial charge on any atom is -0.462 e. The summed E-state index contributed by atoms with van der Waals surface area (Å²) in [7, 11) is 0. The van der Waals surface area contributed by atoms with Crippen molar-refractivity contribution in [2.75, 3.05) is 13.2 Å². The summed E-state index contributed by atoms with van der Waals surface area (Å²) in [5.74, 6) is 0.234. The van der Waals surface area contributed by atoms with Crippen LogP contribution in [0.25, 0.3) is 0 Å². The van der Waals surface area contributed by atoms with Gasteiger partial charge in [-0.05, 0) is 24.4 Å². The van der Waals surface area contributed by atoms with Crippen molar-refractivity contribution in [1.82, 2.24) is 0 Å². The predicted molar refractivity (Wildman–Crippen MR) is 108 cm³/mol. The van der Waals surface area contributed by atoms with E-state index in [4.69, 9.17) is 18.9 Å². The summed E-state index contributed by atoms with van der Waals surface area (Å²) in [5.41, 5.74) is 0.436. The zero-order valence-corrected chi connectivity index (χ0v) is 17.4. The number of hydrogen-bond acceptors (Lipinski definition) is 13. The topological polar surface area (TPSA) is 191 Å². The summed E-state index contributed by atoms with van der Waals surface area (Å²) in [6.07, 6.45) is -15.2. The third-order valence-corrected chi connectivity index (χ3v) is 5.30. The van der Waals surface area contributed by atoms with Crippen molar-refractivity contribution >= 4 is 23.1 Å². The molecule has 7 N–H and O–H groups in total. The monoisotopic (exact) mass is 475 g/mol. The van der Waals surface area contributed by atoms with Crippen molar-refractivity contribution in [3.63, 3.8) is 0 Å². The number of benzene rings is 1. The fraction of sp³-hybridized carbons (Fsp3) is 0.632. The molecule has 32 heavy (non-hydrogen) atoms. The molecule has 2 heterocycles. The number of thiocarbonyl (C=S) groups is 1. The molecular weight excluding hydrogens is 450 g/mol. The van der Waals surface area contributed by atoms with Gasteiger partial charge in [0.1, 0.15) is 54.6 Å². The number of aliphatic hydroxyl groups is 7. The van der Waals surface area contributed by atoms with Crippen LogP contribution in [0.3, 0.4) is 0 Å². The van der Waals surface area contributed by atoms with Crippen LogP contribution in [0, 0.1) is 0 Å². The second-order valence-corrected chi connectivity index (χ2v) is 7.51. The van der Waals surface area contributed by atoms with Crippen molar-refractivity contribution in [3.8, 4) is 5.75 Å². The van der Waals surface area contributed by atoms with Gasteiger partial charge < -0.3 is 54.7 Å². The molecule has 1 aromatic rings. The van der Waals surface area contributed by atoms with Gasteiger partial charge >= 0.3 is 0 Å². The second-order valence-electron chi connectivity index (χ2n) is 7.32. The van der Waals surface area contributed by atoms with E-state index in [2.05, 4.69) is 22.4 Å². The van der Waals surface area contributed by atoms with Crippen LogP contribution in [0.1, 0.15) is 0 Å². The van der Waals surface area contributed by atoms with Gasteiger partial charge in [-0.1, -0.05) is 6.07 Å². The zero-order chi connectivity index (χ0) is 23.4. The Morgan fingerprint density at radius 1 is 0.875 bits per heavy atom. The molecule has 1 aromatic carbocycles. The highest BCUT2D eigenvalue weighted by Gasteiger charge is 2.51. The summed E-state index contributed by atoms with van der Waals surface area (Å²) < 4.78 is 21.9. The SMILES string of the molecule is OC[C@H]1O[C@@H](O[C@H]2[C@H](O)[C@@H](O)[C@H](Oc3cccc(N=C=S)c3)O[C@@H]2CO)[C@H](O)[C@@H](O)[C@H]1O. The molecule has 178 valence electrons. The highest BCUT2D eigenvalue weighted by atomic mass is 32.1. The maximum absolute atomic E-state index is 10.6. The van der Waals surface area contributed by atoms with Gasteiger partial charge in [-0.15, -0.1) is 0 Å². The molecule has 2 aliphatic heterocycles. The number of isothiocyanates is 1. The molecule has 0 radical (unpaired) electrons. The van der Waals surface area contributed by atoms with E-state index in [1.807, 2.05) is 0 Å². The smallest absolute Gasteiger partial charge is 0.229 e. The summed E-state index contributed by atoms with van der Waals surface area (Å²) in [6.45, 7) is -1.34. The van der Waals surface area contributed by atoms with Crippen molar-refractivity contribution < 1.29 is 54.7 Å². The molecule has 13 heteroatoms. The van der Waals surface area contributed by atoms with Crippen LogP contribution in [0.4, 0.5) is 5.69 Å². The molecule has 10 atom stereocenters. The van der Waals surface area contributed by atoms with E-state index in [1.165, 1.54) is 6.07 Å². The normalized spacial score (nSPS) is 39.8. The summed E-state index contributed by atoms with van der Waals surface area (Å²) >= 11 is 4.55. The predicted octanol–water partition coefficient (Wildman–Crippen LogP) is -2.58. The third kappa shape index (κ3) is 5.31.